The molecular weight excluding hydrogens is 284 g/mol. The Morgan fingerprint density at radius 3 is 2.86 bits per heavy atom. The molecule has 0 saturated carbocycles. The Kier molecular flexibility index (Phi) is 3.29. The van der Waals surface area contributed by atoms with Gasteiger partial charge in [0, 0.05) is 16.3 Å². The molecule has 2 heterocycles. The summed E-state index contributed by atoms with van der Waals surface area (Å²) >= 11 is 1.57. The van der Waals surface area contributed by atoms with Gasteiger partial charge >= 0.3 is 0 Å². The van der Waals surface area contributed by atoms with Crippen LogP contribution in [-0.4, -0.2) is 11.8 Å². The van der Waals surface area contributed by atoms with Gasteiger partial charge < -0.3 is 10.6 Å². The van der Waals surface area contributed by atoms with E-state index in [2.05, 4.69) is 10.6 Å². The summed E-state index contributed by atoms with van der Waals surface area (Å²) in [6, 6.07) is 9.40. The topological polar surface area (TPSA) is 58.2 Å². The largest absolute Gasteiger partial charge is 0.326 e. The van der Waals surface area contributed by atoms with Gasteiger partial charge in [-0.1, -0.05) is 6.07 Å². The standard InChI is InChI=1S/C16H16N2O2S/c1-16(2)12-8-10(5-6-13(12)18-15(16)20)17-14(19)9-11-4-3-7-21-11/h3-8H,9H2,1-2H3,(H,17,19)(H,18,20). The molecule has 1 aromatic carbocycles. The lowest BCUT2D eigenvalue weighted by Gasteiger charge is -2.16. The van der Waals surface area contributed by atoms with Crippen molar-refractivity contribution in [1.29, 1.82) is 0 Å². The van der Waals surface area contributed by atoms with E-state index in [-0.39, 0.29) is 11.8 Å². The molecule has 0 radical (unpaired) electrons. The number of hydrogen-bond donors (Lipinski definition) is 2. The number of benzene rings is 1. The number of anilines is 2. The van der Waals surface area contributed by atoms with E-state index in [4.69, 9.17) is 0 Å². The summed E-state index contributed by atoms with van der Waals surface area (Å²) in [6.45, 7) is 3.76. The summed E-state index contributed by atoms with van der Waals surface area (Å²) in [5.74, 6) is -0.0629. The first kappa shape index (κ1) is 13.8. The Hall–Kier alpha value is -2.14. The molecule has 1 aliphatic heterocycles. The Bertz CT molecular complexity index is 705. The third-order valence-electron chi connectivity index (χ3n) is 3.71. The maximum Gasteiger partial charge on any atom is 0.234 e. The number of rotatable bonds is 3. The molecule has 3 rings (SSSR count). The first-order valence-electron chi connectivity index (χ1n) is 6.75. The molecule has 21 heavy (non-hydrogen) atoms. The van der Waals surface area contributed by atoms with Crippen LogP contribution in [0.1, 0.15) is 24.3 Å². The van der Waals surface area contributed by atoms with E-state index in [1.807, 2.05) is 49.6 Å². The summed E-state index contributed by atoms with van der Waals surface area (Å²) in [5.41, 5.74) is 1.90. The fourth-order valence-electron chi connectivity index (χ4n) is 2.43. The number of nitrogens with one attached hydrogen (secondary N) is 2. The molecule has 0 atom stereocenters. The number of carbonyl (C=O) groups excluding carboxylic acids is 2. The van der Waals surface area contributed by atoms with Crippen LogP contribution in [0, 0.1) is 0 Å². The highest BCUT2D eigenvalue weighted by atomic mass is 32.1. The molecular formula is C16H16N2O2S. The Labute approximate surface area is 127 Å². The third-order valence-corrected chi connectivity index (χ3v) is 4.58. The van der Waals surface area contributed by atoms with Crippen molar-refractivity contribution < 1.29 is 9.59 Å². The van der Waals surface area contributed by atoms with E-state index in [0.29, 0.717) is 6.42 Å². The van der Waals surface area contributed by atoms with Gasteiger partial charge in [-0.05, 0) is 49.1 Å². The van der Waals surface area contributed by atoms with Crippen LogP contribution >= 0.6 is 11.3 Å². The molecule has 0 aliphatic carbocycles. The van der Waals surface area contributed by atoms with Gasteiger partial charge in [-0.3, -0.25) is 9.59 Å². The zero-order chi connectivity index (χ0) is 15.0. The van der Waals surface area contributed by atoms with E-state index in [1.54, 1.807) is 11.3 Å². The summed E-state index contributed by atoms with van der Waals surface area (Å²) in [7, 11) is 0. The lowest BCUT2D eigenvalue weighted by Crippen LogP contribution is -2.27. The third kappa shape index (κ3) is 2.56. The smallest absolute Gasteiger partial charge is 0.234 e. The number of carbonyl (C=O) groups is 2. The van der Waals surface area contributed by atoms with Crippen molar-refractivity contribution in [2.75, 3.05) is 10.6 Å². The van der Waals surface area contributed by atoms with Crippen molar-refractivity contribution in [3.63, 3.8) is 0 Å². The van der Waals surface area contributed by atoms with Crippen molar-refractivity contribution in [3.05, 3.63) is 46.2 Å². The van der Waals surface area contributed by atoms with Crippen molar-refractivity contribution in [1.82, 2.24) is 0 Å². The van der Waals surface area contributed by atoms with Crippen LogP contribution in [0.5, 0.6) is 0 Å². The molecule has 108 valence electrons. The minimum Gasteiger partial charge on any atom is -0.326 e. The average molecular weight is 300 g/mol. The lowest BCUT2D eigenvalue weighted by atomic mass is 9.86. The molecule has 1 aromatic heterocycles. The second-order valence-corrected chi connectivity index (χ2v) is 6.68. The van der Waals surface area contributed by atoms with Crippen LogP contribution in [0.3, 0.4) is 0 Å². The second kappa shape index (κ2) is 5.00. The summed E-state index contributed by atoms with van der Waals surface area (Å²) in [5, 5.41) is 7.70. The molecule has 0 saturated heterocycles. The van der Waals surface area contributed by atoms with Crippen LogP contribution < -0.4 is 10.6 Å². The van der Waals surface area contributed by atoms with Crippen LogP contribution in [0.15, 0.2) is 35.7 Å². The highest BCUT2D eigenvalue weighted by molar-refractivity contribution is 7.10. The minimum absolute atomic E-state index is 0.0143. The number of thiophene rings is 1. The van der Waals surface area contributed by atoms with Crippen LogP contribution in [0.2, 0.25) is 0 Å². The van der Waals surface area contributed by atoms with Gasteiger partial charge in [0.25, 0.3) is 0 Å². The Morgan fingerprint density at radius 1 is 1.33 bits per heavy atom. The predicted molar refractivity (Wildman–Crippen MR) is 84.8 cm³/mol. The van der Waals surface area contributed by atoms with Gasteiger partial charge in [-0.25, -0.2) is 0 Å². The molecule has 0 bridgehead atoms. The summed E-state index contributed by atoms with van der Waals surface area (Å²) in [6.07, 6.45) is 0.370. The van der Waals surface area contributed by atoms with Crippen LogP contribution in [-0.2, 0) is 21.4 Å². The fraction of sp³-hybridized carbons (Fsp3) is 0.250. The molecule has 4 nitrogen and oxygen atoms in total. The Morgan fingerprint density at radius 2 is 2.14 bits per heavy atom. The van der Waals surface area contributed by atoms with Gasteiger partial charge in [-0.15, -0.1) is 11.3 Å². The first-order chi connectivity index (χ1) is 9.96. The first-order valence-corrected chi connectivity index (χ1v) is 7.63. The van der Waals surface area contributed by atoms with E-state index >= 15 is 0 Å². The second-order valence-electron chi connectivity index (χ2n) is 5.64. The zero-order valence-corrected chi connectivity index (χ0v) is 12.7. The number of fused-ring (bicyclic) bond motifs is 1. The molecule has 2 aromatic rings. The molecule has 0 spiro atoms. The van der Waals surface area contributed by atoms with Crippen LogP contribution in [0.25, 0.3) is 0 Å². The fourth-order valence-corrected chi connectivity index (χ4v) is 3.13. The highest BCUT2D eigenvalue weighted by Crippen LogP contribution is 2.38. The van der Waals surface area contributed by atoms with Crippen molar-refractivity contribution in [3.8, 4) is 0 Å². The van der Waals surface area contributed by atoms with Crippen molar-refractivity contribution in [2.24, 2.45) is 0 Å². The van der Waals surface area contributed by atoms with E-state index in [1.165, 1.54) is 0 Å². The average Bonchev–Trinajstić information content (AvgIpc) is 2.99. The normalized spacial score (nSPS) is 15.4. The molecule has 1 aliphatic rings. The highest BCUT2D eigenvalue weighted by Gasteiger charge is 2.38. The Balaban J connectivity index is 1.78. The number of hydrogen-bond acceptors (Lipinski definition) is 3. The minimum atomic E-state index is -0.566. The van der Waals surface area contributed by atoms with E-state index in [9.17, 15) is 9.59 Å². The zero-order valence-electron chi connectivity index (χ0n) is 11.9. The van der Waals surface area contributed by atoms with E-state index < -0.39 is 5.41 Å². The van der Waals surface area contributed by atoms with Gasteiger partial charge in [0.05, 0.1) is 11.8 Å². The quantitative estimate of drug-likeness (QED) is 0.914. The molecule has 5 heteroatoms. The maximum absolute atomic E-state index is 12.0. The van der Waals surface area contributed by atoms with Gasteiger partial charge in [-0.2, -0.15) is 0 Å². The van der Waals surface area contributed by atoms with Gasteiger partial charge in [0.1, 0.15) is 0 Å². The summed E-state index contributed by atoms with van der Waals surface area (Å²) < 4.78 is 0. The maximum atomic E-state index is 12.0. The van der Waals surface area contributed by atoms with Crippen molar-refractivity contribution >= 4 is 34.5 Å². The monoisotopic (exact) mass is 300 g/mol. The van der Waals surface area contributed by atoms with E-state index in [0.717, 1.165) is 21.8 Å². The van der Waals surface area contributed by atoms with Gasteiger partial charge in [0.2, 0.25) is 11.8 Å². The van der Waals surface area contributed by atoms with Crippen LogP contribution in [0.4, 0.5) is 11.4 Å². The summed E-state index contributed by atoms with van der Waals surface area (Å²) in [4.78, 5) is 25.0. The molecule has 2 N–H and O–H groups in total. The SMILES string of the molecule is CC1(C)C(=O)Nc2ccc(NC(=O)Cc3cccs3)cc21. The predicted octanol–water partition coefficient (Wildman–Crippen LogP) is 3.16. The molecule has 0 fully saturated rings. The molecule has 2 amide bonds. The number of amides is 2. The van der Waals surface area contributed by atoms with Gasteiger partial charge in [0.15, 0.2) is 0 Å². The van der Waals surface area contributed by atoms with Crippen molar-refractivity contribution in [2.45, 2.75) is 25.7 Å². The lowest BCUT2D eigenvalue weighted by molar-refractivity contribution is -0.119. The molecule has 0 unspecified atom stereocenters.